The van der Waals surface area contributed by atoms with Crippen LogP contribution >= 0.6 is 23.2 Å². The van der Waals surface area contributed by atoms with Crippen LogP contribution in [0.25, 0.3) is 6.08 Å². The highest BCUT2D eigenvalue weighted by Gasteiger charge is 2.10. The third kappa shape index (κ3) is 5.00. The van der Waals surface area contributed by atoms with Gasteiger partial charge in [-0.2, -0.15) is 0 Å². The average Bonchev–Trinajstić information content (AvgIpc) is 3.18. The Morgan fingerprint density at radius 1 is 0.926 bits per heavy atom. The zero-order valence-corrected chi connectivity index (χ0v) is 15.4. The van der Waals surface area contributed by atoms with Crippen LogP contribution in [0, 0.1) is 0 Å². The fourth-order valence-corrected chi connectivity index (χ4v) is 2.58. The number of benzene rings is 2. The molecule has 2 aromatic carbocycles. The largest absolute Gasteiger partial charge is 0.465 e. The summed E-state index contributed by atoms with van der Waals surface area (Å²) < 4.78 is 5.11. The molecule has 0 saturated carbocycles. The smallest absolute Gasteiger partial charge is 0.255 e. The first-order valence-electron chi connectivity index (χ1n) is 7.91. The molecular formula is C20H14Cl2N2O3. The summed E-state index contributed by atoms with van der Waals surface area (Å²) in [6.45, 7) is 0. The third-order valence-corrected chi connectivity index (χ3v) is 4.38. The van der Waals surface area contributed by atoms with Gasteiger partial charge in [-0.05, 0) is 54.6 Å². The van der Waals surface area contributed by atoms with Gasteiger partial charge >= 0.3 is 0 Å². The molecule has 3 aromatic rings. The van der Waals surface area contributed by atoms with Gasteiger partial charge < -0.3 is 15.1 Å². The number of hydrogen-bond acceptors (Lipinski definition) is 3. The van der Waals surface area contributed by atoms with E-state index in [1.54, 1.807) is 60.7 Å². The van der Waals surface area contributed by atoms with Gasteiger partial charge in [0.05, 0.1) is 22.0 Å². The highest BCUT2D eigenvalue weighted by molar-refractivity contribution is 6.44. The summed E-state index contributed by atoms with van der Waals surface area (Å²) in [5, 5.41) is 6.03. The van der Waals surface area contributed by atoms with Crippen LogP contribution in [0.2, 0.25) is 10.0 Å². The van der Waals surface area contributed by atoms with Crippen LogP contribution in [0.3, 0.4) is 0 Å². The van der Waals surface area contributed by atoms with Crippen LogP contribution in [0.1, 0.15) is 16.1 Å². The molecule has 136 valence electrons. The lowest BCUT2D eigenvalue weighted by atomic mass is 10.2. The fourth-order valence-electron chi connectivity index (χ4n) is 2.23. The molecule has 2 amide bonds. The standard InChI is InChI=1S/C20H14Cl2N2O3/c21-16-4-1-5-17(19(16)22)24-20(26)13-6-8-14(9-7-13)23-18(25)11-10-15-3-2-12-27-15/h1-12H,(H,23,25)(H,24,26)/b11-10+. The number of nitrogens with one attached hydrogen (secondary N) is 2. The van der Waals surface area contributed by atoms with Crippen molar-refractivity contribution in [2.75, 3.05) is 10.6 Å². The molecule has 5 nitrogen and oxygen atoms in total. The van der Waals surface area contributed by atoms with E-state index in [4.69, 9.17) is 27.6 Å². The van der Waals surface area contributed by atoms with Gasteiger partial charge in [-0.1, -0.05) is 29.3 Å². The Hall–Kier alpha value is -3.02. The van der Waals surface area contributed by atoms with Crippen molar-refractivity contribution in [2.24, 2.45) is 0 Å². The summed E-state index contributed by atoms with van der Waals surface area (Å²) in [4.78, 5) is 24.2. The van der Waals surface area contributed by atoms with E-state index in [0.29, 0.717) is 27.7 Å². The Morgan fingerprint density at radius 2 is 1.70 bits per heavy atom. The van der Waals surface area contributed by atoms with Gasteiger partial charge in [-0.15, -0.1) is 0 Å². The molecule has 0 aliphatic carbocycles. The summed E-state index contributed by atoms with van der Waals surface area (Å²) in [5.41, 5.74) is 1.39. The highest BCUT2D eigenvalue weighted by Crippen LogP contribution is 2.29. The molecule has 0 unspecified atom stereocenters. The van der Waals surface area contributed by atoms with E-state index >= 15 is 0 Å². The van der Waals surface area contributed by atoms with Crippen LogP contribution in [0.15, 0.2) is 71.4 Å². The number of halogens is 2. The summed E-state index contributed by atoms with van der Waals surface area (Å²) in [6, 6.07) is 14.9. The molecule has 2 N–H and O–H groups in total. The predicted molar refractivity (Wildman–Crippen MR) is 107 cm³/mol. The lowest BCUT2D eigenvalue weighted by Crippen LogP contribution is -2.13. The van der Waals surface area contributed by atoms with Gasteiger partial charge in [-0.3, -0.25) is 9.59 Å². The minimum absolute atomic E-state index is 0.278. The minimum atomic E-state index is -0.338. The van der Waals surface area contributed by atoms with E-state index in [2.05, 4.69) is 10.6 Å². The highest BCUT2D eigenvalue weighted by atomic mass is 35.5. The monoisotopic (exact) mass is 400 g/mol. The van der Waals surface area contributed by atoms with E-state index in [0.717, 1.165) is 0 Å². The van der Waals surface area contributed by atoms with Crippen molar-refractivity contribution in [2.45, 2.75) is 0 Å². The second kappa shape index (κ2) is 8.58. The van der Waals surface area contributed by atoms with Crippen molar-refractivity contribution in [1.29, 1.82) is 0 Å². The van der Waals surface area contributed by atoms with Crippen molar-refractivity contribution in [3.63, 3.8) is 0 Å². The Balaban J connectivity index is 1.61. The normalized spacial score (nSPS) is 10.7. The number of amides is 2. The van der Waals surface area contributed by atoms with Crippen molar-refractivity contribution in [3.05, 3.63) is 88.3 Å². The second-order valence-corrected chi connectivity index (χ2v) is 6.26. The van der Waals surface area contributed by atoms with Gasteiger partial charge in [-0.25, -0.2) is 0 Å². The molecule has 3 rings (SSSR count). The Kier molecular flexibility index (Phi) is 5.96. The topological polar surface area (TPSA) is 71.3 Å². The van der Waals surface area contributed by atoms with Crippen molar-refractivity contribution in [1.82, 2.24) is 0 Å². The quantitative estimate of drug-likeness (QED) is 0.556. The van der Waals surface area contributed by atoms with Crippen molar-refractivity contribution >= 4 is 52.5 Å². The van der Waals surface area contributed by atoms with Gasteiger partial charge in [0.1, 0.15) is 5.76 Å². The minimum Gasteiger partial charge on any atom is -0.465 e. The second-order valence-electron chi connectivity index (χ2n) is 5.47. The first-order chi connectivity index (χ1) is 13.0. The maximum Gasteiger partial charge on any atom is 0.255 e. The molecule has 1 aromatic heterocycles. The van der Waals surface area contributed by atoms with Crippen molar-refractivity contribution < 1.29 is 14.0 Å². The van der Waals surface area contributed by atoms with Gasteiger partial charge in [0.25, 0.3) is 5.91 Å². The van der Waals surface area contributed by atoms with E-state index in [-0.39, 0.29) is 16.8 Å². The molecular weight excluding hydrogens is 387 g/mol. The number of anilines is 2. The third-order valence-electron chi connectivity index (χ3n) is 3.56. The number of carbonyl (C=O) groups is 2. The van der Waals surface area contributed by atoms with Crippen LogP contribution < -0.4 is 10.6 Å². The number of rotatable bonds is 5. The van der Waals surface area contributed by atoms with Crippen molar-refractivity contribution in [3.8, 4) is 0 Å². The maximum absolute atomic E-state index is 12.3. The van der Waals surface area contributed by atoms with Crippen LogP contribution in [0.5, 0.6) is 0 Å². The molecule has 0 aliphatic heterocycles. The molecule has 0 atom stereocenters. The average molecular weight is 401 g/mol. The fraction of sp³-hybridized carbons (Fsp3) is 0. The SMILES string of the molecule is O=C(/C=C/c1ccco1)Nc1ccc(C(=O)Nc2cccc(Cl)c2Cl)cc1. The maximum atomic E-state index is 12.3. The van der Waals surface area contributed by atoms with E-state index in [9.17, 15) is 9.59 Å². The molecule has 0 bridgehead atoms. The zero-order valence-electron chi connectivity index (χ0n) is 13.9. The van der Waals surface area contributed by atoms with E-state index in [1.165, 1.54) is 12.3 Å². The molecule has 0 spiro atoms. The Morgan fingerprint density at radius 3 is 2.41 bits per heavy atom. The predicted octanol–water partition coefficient (Wildman–Crippen LogP) is 5.49. The zero-order chi connectivity index (χ0) is 19.2. The van der Waals surface area contributed by atoms with Crippen LogP contribution in [-0.4, -0.2) is 11.8 Å². The molecule has 0 saturated heterocycles. The Labute approximate surface area is 165 Å². The van der Waals surface area contributed by atoms with Gasteiger partial charge in [0, 0.05) is 17.3 Å². The van der Waals surface area contributed by atoms with E-state index < -0.39 is 0 Å². The lowest BCUT2D eigenvalue weighted by molar-refractivity contribution is -0.111. The molecule has 0 fully saturated rings. The van der Waals surface area contributed by atoms with Gasteiger partial charge in [0.15, 0.2) is 0 Å². The number of furan rings is 1. The lowest BCUT2D eigenvalue weighted by Gasteiger charge is -2.09. The molecule has 27 heavy (non-hydrogen) atoms. The molecule has 0 aliphatic rings. The van der Waals surface area contributed by atoms with Crippen LogP contribution in [0.4, 0.5) is 11.4 Å². The molecule has 1 heterocycles. The molecule has 0 radical (unpaired) electrons. The van der Waals surface area contributed by atoms with Crippen LogP contribution in [-0.2, 0) is 4.79 Å². The van der Waals surface area contributed by atoms with E-state index in [1.807, 2.05) is 0 Å². The summed E-state index contributed by atoms with van der Waals surface area (Å²) in [7, 11) is 0. The Bertz CT molecular complexity index is 981. The first kappa shape index (κ1) is 18.8. The van der Waals surface area contributed by atoms with Gasteiger partial charge in [0.2, 0.25) is 5.91 Å². The first-order valence-corrected chi connectivity index (χ1v) is 8.66. The number of carbonyl (C=O) groups excluding carboxylic acids is 2. The summed E-state index contributed by atoms with van der Waals surface area (Å²) >= 11 is 12.0. The summed E-state index contributed by atoms with van der Waals surface area (Å²) in [6.07, 6.45) is 4.45. The number of hydrogen-bond donors (Lipinski definition) is 2. The summed E-state index contributed by atoms with van der Waals surface area (Å²) in [5.74, 6) is -0.0686. The molecule has 7 heteroatoms.